The first-order valence-electron chi connectivity index (χ1n) is 6.53. The molecule has 0 saturated heterocycles. The molecule has 1 heterocycles. The number of pyridine rings is 1. The average Bonchev–Trinajstić information content (AvgIpc) is 2.45. The first kappa shape index (κ1) is 12.8. The van der Waals surface area contributed by atoms with E-state index in [2.05, 4.69) is 53.6 Å². The highest BCUT2D eigenvalue weighted by Crippen LogP contribution is 2.11. The first-order chi connectivity index (χ1) is 8.86. The van der Waals surface area contributed by atoms with Gasteiger partial charge >= 0.3 is 0 Å². The van der Waals surface area contributed by atoms with Crippen molar-refractivity contribution in [1.82, 2.24) is 10.3 Å². The number of hydrogen-bond acceptors (Lipinski definition) is 2. The molecular weight excluding hydrogens is 220 g/mol. The van der Waals surface area contributed by atoms with Crippen LogP contribution in [0.1, 0.15) is 30.5 Å². The average molecular weight is 240 g/mol. The van der Waals surface area contributed by atoms with Gasteiger partial charge in [-0.2, -0.15) is 0 Å². The molecule has 0 saturated carbocycles. The largest absolute Gasteiger partial charge is 0.310 e. The van der Waals surface area contributed by atoms with Crippen LogP contribution >= 0.6 is 0 Å². The molecule has 0 aliphatic heterocycles. The van der Waals surface area contributed by atoms with Crippen molar-refractivity contribution in [2.24, 2.45) is 0 Å². The van der Waals surface area contributed by atoms with Gasteiger partial charge in [-0.3, -0.25) is 4.98 Å². The fraction of sp³-hybridized carbons (Fsp3) is 0.312. The van der Waals surface area contributed by atoms with Gasteiger partial charge in [0.05, 0.1) is 0 Å². The summed E-state index contributed by atoms with van der Waals surface area (Å²) in [5.41, 5.74) is 2.66. The Kier molecular flexibility index (Phi) is 4.91. The summed E-state index contributed by atoms with van der Waals surface area (Å²) < 4.78 is 0. The van der Waals surface area contributed by atoms with Crippen LogP contribution in [0.2, 0.25) is 0 Å². The van der Waals surface area contributed by atoms with Gasteiger partial charge < -0.3 is 5.32 Å². The molecule has 0 fully saturated rings. The van der Waals surface area contributed by atoms with Crippen molar-refractivity contribution in [3.63, 3.8) is 0 Å². The van der Waals surface area contributed by atoms with Crippen molar-refractivity contribution < 1.29 is 0 Å². The Balaban J connectivity index is 1.70. The number of nitrogens with one attached hydrogen (secondary N) is 1. The van der Waals surface area contributed by atoms with E-state index >= 15 is 0 Å². The Bertz CT molecular complexity index is 439. The monoisotopic (exact) mass is 240 g/mol. The summed E-state index contributed by atoms with van der Waals surface area (Å²) in [5, 5.41) is 3.55. The zero-order valence-corrected chi connectivity index (χ0v) is 10.8. The van der Waals surface area contributed by atoms with Gasteiger partial charge in [-0.25, -0.2) is 0 Å². The van der Waals surface area contributed by atoms with Crippen molar-refractivity contribution in [3.8, 4) is 0 Å². The molecule has 0 radical (unpaired) electrons. The number of rotatable bonds is 6. The maximum atomic E-state index is 4.13. The summed E-state index contributed by atoms with van der Waals surface area (Å²) in [5.74, 6) is 0. The van der Waals surface area contributed by atoms with Gasteiger partial charge in [-0.1, -0.05) is 36.4 Å². The van der Waals surface area contributed by atoms with Crippen LogP contribution in [0.15, 0.2) is 54.9 Å². The number of aromatic nitrogens is 1. The molecule has 2 heteroatoms. The summed E-state index contributed by atoms with van der Waals surface area (Å²) >= 11 is 0. The second-order valence-corrected chi connectivity index (χ2v) is 4.55. The summed E-state index contributed by atoms with van der Waals surface area (Å²) in [6, 6.07) is 15.1. The molecule has 94 valence electrons. The van der Waals surface area contributed by atoms with Gasteiger partial charge in [0.1, 0.15) is 0 Å². The highest BCUT2D eigenvalue weighted by Gasteiger charge is 2.02. The van der Waals surface area contributed by atoms with E-state index in [-0.39, 0.29) is 0 Å². The second-order valence-electron chi connectivity index (χ2n) is 4.55. The lowest BCUT2D eigenvalue weighted by Crippen LogP contribution is -2.20. The van der Waals surface area contributed by atoms with Gasteiger partial charge in [0.25, 0.3) is 0 Å². The van der Waals surface area contributed by atoms with E-state index in [1.807, 2.05) is 18.5 Å². The molecule has 0 unspecified atom stereocenters. The number of hydrogen-bond donors (Lipinski definition) is 1. The molecular formula is C16H20N2. The summed E-state index contributed by atoms with van der Waals surface area (Å²) in [6.07, 6.45) is 5.99. The molecule has 2 aromatic rings. The van der Waals surface area contributed by atoms with Crippen molar-refractivity contribution >= 4 is 0 Å². The molecule has 1 aromatic heterocycles. The summed E-state index contributed by atoms with van der Waals surface area (Å²) in [7, 11) is 0. The Morgan fingerprint density at radius 3 is 2.67 bits per heavy atom. The van der Waals surface area contributed by atoms with Crippen molar-refractivity contribution in [2.75, 3.05) is 6.54 Å². The van der Waals surface area contributed by atoms with E-state index < -0.39 is 0 Å². The van der Waals surface area contributed by atoms with E-state index in [1.165, 1.54) is 11.1 Å². The highest BCUT2D eigenvalue weighted by atomic mass is 14.9. The van der Waals surface area contributed by atoms with E-state index in [1.54, 1.807) is 0 Å². The van der Waals surface area contributed by atoms with Gasteiger partial charge in [-0.05, 0) is 43.5 Å². The molecule has 0 amide bonds. The van der Waals surface area contributed by atoms with Crippen LogP contribution in [-0.4, -0.2) is 11.5 Å². The molecule has 0 aliphatic rings. The molecule has 0 bridgehead atoms. The van der Waals surface area contributed by atoms with E-state index in [0.29, 0.717) is 6.04 Å². The van der Waals surface area contributed by atoms with Crippen LogP contribution in [0.3, 0.4) is 0 Å². The standard InChI is InChI=1S/C16H20N2/c1-14(16-9-3-2-4-10-16)18-12-6-8-15-7-5-11-17-13-15/h2-5,7,9-11,13-14,18H,6,8,12H2,1H3/t14-/m0/s1. The normalized spacial score (nSPS) is 12.3. The van der Waals surface area contributed by atoms with Gasteiger partial charge in [0.15, 0.2) is 0 Å². The minimum absolute atomic E-state index is 0.417. The highest BCUT2D eigenvalue weighted by molar-refractivity contribution is 5.18. The Morgan fingerprint density at radius 1 is 1.11 bits per heavy atom. The predicted molar refractivity (Wildman–Crippen MR) is 75.4 cm³/mol. The van der Waals surface area contributed by atoms with Crippen molar-refractivity contribution in [1.29, 1.82) is 0 Å². The molecule has 2 rings (SSSR count). The smallest absolute Gasteiger partial charge is 0.0299 e. The first-order valence-corrected chi connectivity index (χ1v) is 6.53. The topological polar surface area (TPSA) is 24.9 Å². The number of nitrogens with zero attached hydrogens (tertiary/aromatic N) is 1. The van der Waals surface area contributed by atoms with Crippen LogP contribution in [-0.2, 0) is 6.42 Å². The maximum Gasteiger partial charge on any atom is 0.0299 e. The Hall–Kier alpha value is -1.67. The summed E-state index contributed by atoms with van der Waals surface area (Å²) in [6.45, 7) is 3.24. The van der Waals surface area contributed by atoms with Gasteiger partial charge in [0, 0.05) is 18.4 Å². The number of aryl methyl sites for hydroxylation is 1. The minimum Gasteiger partial charge on any atom is -0.310 e. The fourth-order valence-corrected chi connectivity index (χ4v) is 2.02. The van der Waals surface area contributed by atoms with Crippen molar-refractivity contribution in [2.45, 2.75) is 25.8 Å². The van der Waals surface area contributed by atoms with Crippen LogP contribution in [0.25, 0.3) is 0 Å². The lowest BCUT2D eigenvalue weighted by Gasteiger charge is -2.13. The molecule has 1 aromatic carbocycles. The predicted octanol–water partition coefficient (Wildman–Crippen LogP) is 3.37. The van der Waals surface area contributed by atoms with Crippen LogP contribution < -0.4 is 5.32 Å². The minimum atomic E-state index is 0.417. The van der Waals surface area contributed by atoms with Crippen LogP contribution in [0.5, 0.6) is 0 Å². The zero-order valence-electron chi connectivity index (χ0n) is 10.8. The van der Waals surface area contributed by atoms with E-state index in [9.17, 15) is 0 Å². The Morgan fingerprint density at radius 2 is 1.94 bits per heavy atom. The number of benzene rings is 1. The van der Waals surface area contributed by atoms with Crippen LogP contribution in [0, 0.1) is 0 Å². The fourth-order valence-electron chi connectivity index (χ4n) is 2.02. The quantitative estimate of drug-likeness (QED) is 0.783. The van der Waals surface area contributed by atoms with Crippen LogP contribution in [0.4, 0.5) is 0 Å². The molecule has 1 atom stereocenters. The SMILES string of the molecule is C[C@H](NCCCc1cccnc1)c1ccccc1. The van der Waals surface area contributed by atoms with Crippen molar-refractivity contribution in [3.05, 3.63) is 66.0 Å². The lowest BCUT2D eigenvalue weighted by atomic mass is 10.1. The van der Waals surface area contributed by atoms with E-state index in [4.69, 9.17) is 0 Å². The van der Waals surface area contributed by atoms with E-state index in [0.717, 1.165) is 19.4 Å². The molecule has 1 N–H and O–H groups in total. The third kappa shape index (κ3) is 3.97. The van der Waals surface area contributed by atoms with Gasteiger partial charge in [-0.15, -0.1) is 0 Å². The molecule has 18 heavy (non-hydrogen) atoms. The Labute approximate surface area is 109 Å². The second kappa shape index (κ2) is 6.92. The summed E-state index contributed by atoms with van der Waals surface area (Å²) in [4.78, 5) is 4.13. The lowest BCUT2D eigenvalue weighted by molar-refractivity contribution is 0.558. The zero-order chi connectivity index (χ0) is 12.6. The van der Waals surface area contributed by atoms with Gasteiger partial charge in [0.2, 0.25) is 0 Å². The third-order valence-corrected chi connectivity index (χ3v) is 3.12. The third-order valence-electron chi connectivity index (χ3n) is 3.12. The molecule has 0 aliphatic carbocycles. The molecule has 0 spiro atoms. The maximum absolute atomic E-state index is 4.13. The molecule has 2 nitrogen and oxygen atoms in total.